The van der Waals surface area contributed by atoms with Gasteiger partial charge in [-0.05, 0) is 59.3 Å². The molecule has 0 aliphatic rings. The normalized spacial score (nSPS) is 11.6. The lowest BCUT2D eigenvalue weighted by atomic mass is 10.1. The molecule has 0 saturated heterocycles. The van der Waals surface area contributed by atoms with Crippen molar-refractivity contribution in [2.24, 2.45) is 0 Å². The zero-order valence-electron chi connectivity index (χ0n) is 17.9. The van der Waals surface area contributed by atoms with Crippen LogP contribution in [-0.4, -0.2) is 18.1 Å². The molecule has 6 N–H and O–H groups in total. The molecule has 0 heterocycles. The van der Waals surface area contributed by atoms with E-state index in [4.69, 9.17) is 5.73 Å². The van der Waals surface area contributed by atoms with Crippen LogP contribution in [-0.2, 0) is 10.1 Å². The molecule has 0 aliphatic heterocycles. The molecule has 5 aromatic rings. The van der Waals surface area contributed by atoms with Crippen molar-refractivity contribution in [1.82, 2.24) is 0 Å². The van der Waals surface area contributed by atoms with Gasteiger partial charge in [-0.3, -0.25) is 4.55 Å². The van der Waals surface area contributed by atoms with Gasteiger partial charge >= 0.3 is 0 Å². The number of rotatable bonds is 5. The van der Waals surface area contributed by atoms with Gasteiger partial charge in [0.15, 0.2) is 0 Å². The van der Waals surface area contributed by atoms with Crippen LogP contribution in [0.2, 0.25) is 0 Å². The van der Waals surface area contributed by atoms with Crippen molar-refractivity contribution in [2.75, 3.05) is 16.4 Å². The zero-order valence-corrected chi connectivity index (χ0v) is 18.7. The Balaban J connectivity index is 1.60. The molecule has 0 atom stereocenters. The molecule has 170 valence electrons. The number of hydrogen-bond acceptors (Lipinski definition) is 6. The average Bonchev–Trinajstić information content (AvgIpc) is 2.79. The Hall–Kier alpha value is -4.27. The van der Waals surface area contributed by atoms with E-state index in [0.29, 0.717) is 22.4 Å². The van der Waals surface area contributed by atoms with Crippen molar-refractivity contribution in [3.8, 4) is 5.75 Å². The van der Waals surface area contributed by atoms with Crippen molar-refractivity contribution in [2.45, 2.75) is 4.90 Å². The van der Waals surface area contributed by atoms with Crippen LogP contribution in [0, 0.1) is 0 Å². The van der Waals surface area contributed by atoms with E-state index < -0.39 is 10.1 Å². The van der Waals surface area contributed by atoms with Gasteiger partial charge in [0.1, 0.15) is 10.6 Å². The molecule has 0 radical (unpaired) electrons. The molecule has 5 aromatic carbocycles. The molecule has 8 heteroatoms. The van der Waals surface area contributed by atoms with E-state index in [1.165, 1.54) is 0 Å². The summed E-state index contributed by atoms with van der Waals surface area (Å²) in [4.78, 5) is -0.298. The number of nitrogens with one attached hydrogen (secondary N) is 2. The van der Waals surface area contributed by atoms with Gasteiger partial charge in [0.2, 0.25) is 0 Å². The van der Waals surface area contributed by atoms with Crippen LogP contribution < -0.4 is 16.4 Å². The Morgan fingerprint density at radius 1 is 0.676 bits per heavy atom. The number of hydrogen-bond donors (Lipinski definition) is 5. The Labute approximate surface area is 196 Å². The van der Waals surface area contributed by atoms with Gasteiger partial charge in [-0.15, -0.1) is 0 Å². The molecule has 7 nitrogen and oxygen atoms in total. The van der Waals surface area contributed by atoms with Crippen molar-refractivity contribution in [3.63, 3.8) is 0 Å². The van der Waals surface area contributed by atoms with E-state index >= 15 is 0 Å². The Morgan fingerprint density at radius 3 is 2.06 bits per heavy atom. The number of nitrogen functional groups attached to an aromatic ring is 1. The van der Waals surface area contributed by atoms with E-state index in [1.54, 1.807) is 54.6 Å². The third-order valence-corrected chi connectivity index (χ3v) is 6.54. The van der Waals surface area contributed by atoms with Gasteiger partial charge in [-0.2, -0.15) is 8.42 Å². The number of phenols is 1. The van der Waals surface area contributed by atoms with Gasteiger partial charge < -0.3 is 21.5 Å². The summed E-state index contributed by atoms with van der Waals surface area (Å²) in [7, 11) is -4.62. The highest BCUT2D eigenvalue weighted by atomic mass is 32.2. The van der Waals surface area contributed by atoms with Crippen LogP contribution in [0.4, 0.5) is 28.4 Å². The maximum Gasteiger partial charge on any atom is 0.298 e. The second kappa shape index (κ2) is 8.26. The summed E-state index contributed by atoms with van der Waals surface area (Å²) in [5, 5.41) is 19.6. The van der Waals surface area contributed by atoms with E-state index in [9.17, 15) is 18.1 Å². The third-order valence-electron chi connectivity index (χ3n) is 5.59. The van der Waals surface area contributed by atoms with E-state index in [2.05, 4.69) is 10.6 Å². The molecule has 0 aliphatic carbocycles. The summed E-state index contributed by atoms with van der Waals surface area (Å²) in [5.74, 6) is 0.113. The molecule has 0 spiro atoms. The largest absolute Gasteiger partial charge is 0.507 e. The smallest absolute Gasteiger partial charge is 0.298 e. The number of nitrogens with two attached hydrogens (primary N) is 1. The summed E-state index contributed by atoms with van der Waals surface area (Å²) in [6, 6.07) is 26.4. The lowest BCUT2D eigenvalue weighted by Gasteiger charge is -2.17. The van der Waals surface area contributed by atoms with Crippen molar-refractivity contribution >= 4 is 60.1 Å². The van der Waals surface area contributed by atoms with Gasteiger partial charge in [0, 0.05) is 27.8 Å². The average molecular weight is 472 g/mol. The number of aromatic hydroxyl groups is 1. The summed E-state index contributed by atoms with van der Waals surface area (Å²) >= 11 is 0. The van der Waals surface area contributed by atoms with E-state index in [-0.39, 0.29) is 22.0 Å². The lowest BCUT2D eigenvalue weighted by molar-refractivity contribution is 0.481. The van der Waals surface area contributed by atoms with E-state index in [0.717, 1.165) is 16.2 Å². The molecular weight excluding hydrogens is 450 g/mol. The monoisotopic (exact) mass is 471 g/mol. The van der Waals surface area contributed by atoms with Gasteiger partial charge in [-0.1, -0.05) is 42.5 Å². The number of benzene rings is 5. The fourth-order valence-corrected chi connectivity index (χ4v) is 4.84. The van der Waals surface area contributed by atoms with Gasteiger partial charge in [0.05, 0.1) is 11.4 Å². The minimum absolute atomic E-state index is 0.113. The molecule has 5 rings (SSSR count). The standard InChI is InChI=1S/C26H21N3O4S/c27-18-12-10-16-4-1-6-22(20(16)14-18)29-24-8-3-7-23(26(24)34(31,32)33)28-19-13-11-17-5-2-9-25(30)21(17)15-19/h1-15,28-30H,27H2,(H,31,32,33). The molecule has 0 fully saturated rings. The minimum Gasteiger partial charge on any atom is -0.507 e. The first-order chi connectivity index (χ1) is 16.3. The molecule has 0 unspecified atom stereocenters. The van der Waals surface area contributed by atoms with Crippen LogP contribution in [0.5, 0.6) is 5.75 Å². The van der Waals surface area contributed by atoms with Crippen LogP contribution in [0.25, 0.3) is 21.5 Å². The molecule has 0 bridgehead atoms. The fourth-order valence-electron chi connectivity index (χ4n) is 4.05. The van der Waals surface area contributed by atoms with E-state index in [1.807, 2.05) is 36.4 Å². The fraction of sp³-hybridized carbons (Fsp3) is 0. The van der Waals surface area contributed by atoms with Crippen LogP contribution in [0.1, 0.15) is 0 Å². The first-order valence-corrected chi connectivity index (χ1v) is 11.9. The Kier molecular flexibility index (Phi) is 5.24. The van der Waals surface area contributed by atoms with Crippen molar-refractivity contribution in [3.05, 3.63) is 91.0 Å². The predicted octanol–water partition coefficient (Wildman–Crippen LogP) is 6.01. The first kappa shape index (κ1) is 21.6. The highest BCUT2D eigenvalue weighted by molar-refractivity contribution is 7.86. The number of fused-ring (bicyclic) bond motifs is 2. The molecule has 0 aromatic heterocycles. The molecule has 34 heavy (non-hydrogen) atoms. The quantitative estimate of drug-likeness (QED) is 0.157. The highest BCUT2D eigenvalue weighted by Gasteiger charge is 2.21. The Morgan fingerprint density at radius 2 is 1.29 bits per heavy atom. The predicted molar refractivity (Wildman–Crippen MR) is 137 cm³/mol. The minimum atomic E-state index is -4.62. The van der Waals surface area contributed by atoms with Gasteiger partial charge in [-0.25, -0.2) is 0 Å². The zero-order chi connectivity index (χ0) is 23.9. The number of anilines is 5. The van der Waals surface area contributed by atoms with Crippen LogP contribution in [0.15, 0.2) is 95.9 Å². The maximum absolute atomic E-state index is 12.5. The third kappa shape index (κ3) is 4.07. The van der Waals surface area contributed by atoms with Crippen molar-refractivity contribution < 1.29 is 18.1 Å². The maximum atomic E-state index is 12.5. The summed E-state index contributed by atoms with van der Waals surface area (Å²) in [5.41, 5.74) is 8.10. The summed E-state index contributed by atoms with van der Waals surface area (Å²) < 4.78 is 35.0. The lowest BCUT2D eigenvalue weighted by Crippen LogP contribution is -2.07. The first-order valence-electron chi connectivity index (χ1n) is 10.4. The Bertz CT molecular complexity index is 1670. The topological polar surface area (TPSA) is 125 Å². The van der Waals surface area contributed by atoms with Crippen LogP contribution >= 0.6 is 0 Å². The second-order valence-electron chi connectivity index (χ2n) is 7.91. The molecular formula is C26H21N3O4S. The molecule has 0 amide bonds. The van der Waals surface area contributed by atoms with Crippen LogP contribution in [0.3, 0.4) is 0 Å². The SMILES string of the molecule is Nc1ccc2cccc(Nc3cccc(Nc4ccc5cccc(O)c5c4)c3S(=O)(=O)O)c2c1. The highest BCUT2D eigenvalue weighted by Crippen LogP contribution is 2.36. The molecule has 0 saturated carbocycles. The van der Waals surface area contributed by atoms with Crippen molar-refractivity contribution in [1.29, 1.82) is 0 Å². The number of phenolic OH excluding ortho intramolecular Hbond substituents is 1. The summed E-state index contributed by atoms with van der Waals surface area (Å²) in [6.07, 6.45) is 0. The second-order valence-corrected chi connectivity index (χ2v) is 9.26. The summed E-state index contributed by atoms with van der Waals surface area (Å²) in [6.45, 7) is 0. The van der Waals surface area contributed by atoms with Gasteiger partial charge in [0.25, 0.3) is 10.1 Å².